The van der Waals surface area contributed by atoms with Crippen LogP contribution in [0.15, 0.2) is 59.7 Å². The second kappa shape index (κ2) is 7.79. The molecule has 0 fully saturated rings. The quantitative estimate of drug-likeness (QED) is 0.387. The first-order valence-corrected chi connectivity index (χ1v) is 9.39. The average molecular weight is 425 g/mol. The number of carbonyl (C=O) groups excluding carboxylic acids is 1. The normalized spacial score (nSPS) is 10.8. The van der Waals surface area contributed by atoms with Crippen LogP contribution in [0, 0.1) is 15.9 Å². The molecule has 0 spiro atoms. The van der Waals surface area contributed by atoms with Crippen molar-refractivity contribution in [2.75, 3.05) is 5.32 Å². The summed E-state index contributed by atoms with van der Waals surface area (Å²) in [6, 6.07) is 10.7. The summed E-state index contributed by atoms with van der Waals surface area (Å²) >= 11 is 0.669. The number of benzene rings is 1. The third-order valence-electron chi connectivity index (χ3n) is 4.27. The monoisotopic (exact) mass is 425 g/mol. The summed E-state index contributed by atoms with van der Waals surface area (Å²) in [4.78, 5) is 43.9. The predicted octanol–water partition coefficient (Wildman–Crippen LogP) is 3.20. The van der Waals surface area contributed by atoms with Crippen LogP contribution < -0.4 is 10.9 Å². The summed E-state index contributed by atoms with van der Waals surface area (Å²) in [7, 11) is 0. The molecule has 1 aromatic carbocycles. The van der Waals surface area contributed by atoms with E-state index in [4.69, 9.17) is 0 Å². The Morgan fingerprint density at radius 1 is 1.23 bits per heavy atom. The van der Waals surface area contributed by atoms with Crippen molar-refractivity contribution in [3.05, 3.63) is 92.3 Å². The van der Waals surface area contributed by atoms with Crippen LogP contribution in [0.4, 0.5) is 14.5 Å². The Morgan fingerprint density at radius 3 is 2.77 bits per heavy atom. The van der Waals surface area contributed by atoms with Gasteiger partial charge in [-0.2, -0.15) is 0 Å². The van der Waals surface area contributed by atoms with Gasteiger partial charge in [0, 0.05) is 17.1 Å². The highest BCUT2D eigenvalue weighted by molar-refractivity contribution is 7.18. The van der Waals surface area contributed by atoms with Gasteiger partial charge in [-0.1, -0.05) is 18.2 Å². The molecular formula is C19H12FN5O4S. The van der Waals surface area contributed by atoms with E-state index in [0.29, 0.717) is 22.4 Å². The number of aromatic nitrogens is 3. The highest BCUT2D eigenvalue weighted by atomic mass is 32.1. The van der Waals surface area contributed by atoms with Gasteiger partial charge in [-0.05, 0) is 35.6 Å². The van der Waals surface area contributed by atoms with E-state index < -0.39 is 22.2 Å². The van der Waals surface area contributed by atoms with Gasteiger partial charge in [0.1, 0.15) is 23.2 Å². The van der Waals surface area contributed by atoms with E-state index in [2.05, 4.69) is 15.3 Å². The first kappa shape index (κ1) is 19.3. The van der Waals surface area contributed by atoms with Crippen molar-refractivity contribution in [2.45, 2.75) is 6.54 Å². The number of thiazole rings is 1. The first-order valence-electron chi connectivity index (χ1n) is 8.57. The number of hydrogen-bond donors (Lipinski definition) is 1. The lowest BCUT2D eigenvalue weighted by Crippen LogP contribution is -2.30. The molecular weight excluding hydrogens is 413 g/mol. The van der Waals surface area contributed by atoms with E-state index in [1.807, 2.05) is 0 Å². The summed E-state index contributed by atoms with van der Waals surface area (Å²) in [5, 5.41) is 13.4. The molecule has 30 heavy (non-hydrogen) atoms. The van der Waals surface area contributed by atoms with Crippen molar-refractivity contribution in [1.29, 1.82) is 0 Å². The van der Waals surface area contributed by atoms with E-state index in [1.54, 1.807) is 18.2 Å². The van der Waals surface area contributed by atoms with Crippen molar-refractivity contribution in [3.63, 3.8) is 0 Å². The average Bonchev–Trinajstić information content (AvgIpc) is 3.20. The Bertz CT molecular complexity index is 1350. The fourth-order valence-corrected chi connectivity index (χ4v) is 3.51. The minimum Gasteiger partial charge on any atom is -0.297 e. The highest BCUT2D eigenvalue weighted by Crippen LogP contribution is 2.25. The topological polar surface area (TPSA) is 120 Å². The molecule has 4 aromatic rings. The van der Waals surface area contributed by atoms with E-state index >= 15 is 0 Å². The number of nitro groups is 1. The van der Waals surface area contributed by atoms with E-state index in [1.165, 1.54) is 35.0 Å². The summed E-state index contributed by atoms with van der Waals surface area (Å²) in [6.07, 6.45) is 2.51. The maximum atomic E-state index is 14.1. The molecule has 3 heterocycles. The molecule has 3 aromatic heterocycles. The van der Waals surface area contributed by atoms with Crippen LogP contribution in [-0.4, -0.2) is 25.4 Å². The molecule has 0 atom stereocenters. The molecule has 1 N–H and O–H groups in total. The lowest BCUT2D eigenvalue weighted by Gasteiger charge is -2.12. The molecule has 0 radical (unpaired) electrons. The Hall–Kier alpha value is -3.99. The molecule has 11 heteroatoms. The summed E-state index contributed by atoms with van der Waals surface area (Å²) in [5.41, 5.74) is -0.329. The lowest BCUT2D eigenvalue weighted by atomic mass is 10.1. The fourth-order valence-electron chi connectivity index (χ4n) is 2.88. The zero-order chi connectivity index (χ0) is 21.3. The van der Waals surface area contributed by atoms with E-state index in [0.717, 1.165) is 6.20 Å². The van der Waals surface area contributed by atoms with Crippen molar-refractivity contribution in [1.82, 2.24) is 14.5 Å². The molecule has 1 amide bonds. The van der Waals surface area contributed by atoms with Crippen molar-refractivity contribution < 1.29 is 14.1 Å². The molecule has 0 aliphatic carbocycles. The van der Waals surface area contributed by atoms with E-state index in [-0.39, 0.29) is 27.8 Å². The van der Waals surface area contributed by atoms with Crippen molar-refractivity contribution in [3.8, 4) is 0 Å². The molecule has 9 nitrogen and oxygen atoms in total. The summed E-state index contributed by atoms with van der Waals surface area (Å²) in [5.74, 6) is -1.27. The third-order valence-corrected chi connectivity index (χ3v) is 5.14. The van der Waals surface area contributed by atoms with Crippen LogP contribution in [0.3, 0.4) is 0 Å². The van der Waals surface area contributed by atoms with Gasteiger partial charge in [-0.25, -0.2) is 14.4 Å². The molecule has 150 valence electrons. The Morgan fingerprint density at radius 2 is 2.03 bits per heavy atom. The fraction of sp³-hybridized carbons (Fsp3) is 0.0526. The van der Waals surface area contributed by atoms with Gasteiger partial charge < -0.3 is 0 Å². The molecule has 0 aliphatic rings. The second-order valence-electron chi connectivity index (χ2n) is 6.17. The number of anilines is 1. The lowest BCUT2D eigenvalue weighted by molar-refractivity contribution is -0.380. The number of carbonyl (C=O) groups is 1. The summed E-state index contributed by atoms with van der Waals surface area (Å²) < 4.78 is 15.4. The highest BCUT2D eigenvalue weighted by Gasteiger charge is 2.20. The smallest absolute Gasteiger partial charge is 0.297 e. The SMILES string of the molecule is O=C(Nc1ncc([N+](=O)[O-])s1)c1cc2cccnc2n(Cc2ccccc2F)c1=O. The second-order valence-corrected chi connectivity index (χ2v) is 7.18. The minimum absolute atomic E-state index is 0.0157. The number of rotatable bonds is 5. The number of pyridine rings is 2. The van der Waals surface area contributed by atoms with Crippen LogP contribution in [0.5, 0.6) is 0 Å². The van der Waals surface area contributed by atoms with Crippen LogP contribution >= 0.6 is 11.3 Å². The largest absolute Gasteiger partial charge is 0.345 e. The standard InChI is InChI=1S/C19H12FN5O4S/c20-14-6-2-1-4-12(14)10-24-16-11(5-3-7-21-16)8-13(18(24)27)17(26)23-19-22-9-15(30-19)25(28)29/h1-9H,10H2,(H,22,23,26). The molecule has 0 saturated heterocycles. The maximum Gasteiger partial charge on any atom is 0.345 e. The number of fused-ring (bicyclic) bond motifs is 1. The molecule has 0 aliphatic heterocycles. The van der Waals surface area contributed by atoms with Crippen LogP contribution in [0.1, 0.15) is 15.9 Å². The van der Waals surface area contributed by atoms with Gasteiger partial charge in [0.25, 0.3) is 11.5 Å². The van der Waals surface area contributed by atoms with Gasteiger partial charge in [-0.15, -0.1) is 0 Å². The number of hydrogen-bond acceptors (Lipinski definition) is 7. The Labute approximate surface area is 171 Å². The van der Waals surface area contributed by atoms with E-state index in [9.17, 15) is 24.1 Å². The molecule has 0 saturated carbocycles. The van der Waals surface area contributed by atoms with Crippen LogP contribution in [0.2, 0.25) is 0 Å². The number of nitrogens with zero attached hydrogens (tertiary/aromatic N) is 4. The van der Waals surface area contributed by atoms with Crippen LogP contribution in [0.25, 0.3) is 11.0 Å². The Kier molecular flexibility index (Phi) is 5.02. The third kappa shape index (κ3) is 3.65. The van der Waals surface area contributed by atoms with Crippen molar-refractivity contribution in [2.24, 2.45) is 0 Å². The van der Waals surface area contributed by atoms with Gasteiger partial charge in [0.05, 0.1) is 11.5 Å². The molecule has 0 unspecified atom stereocenters. The van der Waals surface area contributed by atoms with Crippen molar-refractivity contribution >= 4 is 38.4 Å². The minimum atomic E-state index is -0.780. The number of nitrogens with one attached hydrogen (secondary N) is 1. The maximum absolute atomic E-state index is 14.1. The number of halogens is 1. The van der Waals surface area contributed by atoms with Gasteiger partial charge in [-0.3, -0.25) is 29.6 Å². The summed E-state index contributed by atoms with van der Waals surface area (Å²) in [6.45, 7) is -0.122. The van der Waals surface area contributed by atoms with Gasteiger partial charge >= 0.3 is 5.00 Å². The van der Waals surface area contributed by atoms with Gasteiger partial charge in [0.15, 0.2) is 5.13 Å². The zero-order valence-corrected chi connectivity index (χ0v) is 15.9. The first-order chi connectivity index (χ1) is 14.4. The zero-order valence-electron chi connectivity index (χ0n) is 15.1. The number of amides is 1. The Balaban J connectivity index is 1.77. The van der Waals surface area contributed by atoms with Gasteiger partial charge in [0.2, 0.25) is 0 Å². The molecule has 4 rings (SSSR count). The van der Waals surface area contributed by atoms with Crippen LogP contribution in [-0.2, 0) is 6.54 Å². The molecule has 0 bridgehead atoms. The predicted molar refractivity (Wildman–Crippen MR) is 108 cm³/mol.